The van der Waals surface area contributed by atoms with E-state index in [1.807, 2.05) is 0 Å². The predicted molar refractivity (Wildman–Crippen MR) is 51.7 cm³/mol. The highest BCUT2D eigenvalue weighted by Crippen LogP contribution is 2.28. The molecule has 0 bridgehead atoms. The van der Waals surface area contributed by atoms with E-state index in [0.717, 1.165) is 15.9 Å². The van der Waals surface area contributed by atoms with Gasteiger partial charge in [0.15, 0.2) is 0 Å². The Morgan fingerprint density at radius 1 is 1.58 bits per heavy atom. The fourth-order valence-corrected chi connectivity index (χ4v) is 2.53. The molecule has 2 heterocycles. The smallest absolute Gasteiger partial charge is 0.113 e. The van der Waals surface area contributed by atoms with Gasteiger partial charge in [-0.2, -0.15) is 0 Å². The monoisotopic (exact) mass is 202 g/mol. The van der Waals surface area contributed by atoms with Crippen molar-refractivity contribution in [3.05, 3.63) is 15.5 Å². The molecule has 1 aromatic rings. The van der Waals surface area contributed by atoms with Gasteiger partial charge >= 0.3 is 0 Å². The van der Waals surface area contributed by atoms with Gasteiger partial charge < -0.3 is 5.32 Å². The largest absolute Gasteiger partial charge is 0.308 e. The number of halogens is 1. The van der Waals surface area contributed by atoms with Crippen molar-refractivity contribution in [2.75, 3.05) is 6.54 Å². The van der Waals surface area contributed by atoms with Crippen molar-refractivity contribution in [3.63, 3.8) is 0 Å². The second-order valence-electron chi connectivity index (χ2n) is 3.01. The minimum Gasteiger partial charge on any atom is -0.308 e. The third kappa shape index (κ3) is 1.79. The lowest BCUT2D eigenvalue weighted by Gasteiger charge is -2.20. The number of piperidine rings is 1. The summed E-state index contributed by atoms with van der Waals surface area (Å²) in [7, 11) is 0. The molecule has 1 aromatic heterocycles. The van der Waals surface area contributed by atoms with Crippen LogP contribution < -0.4 is 5.32 Å². The van der Waals surface area contributed by atoms with E-state index in [1.54, 1.807) is 17.5 Å². The van der Waals surface area contributed by atoms with Crippen LogP contribution in [0.25, 0.3) is 0 Å². The van der Waals surface area contributed by atoms with E-state index >= 15 is 0 Å². The van der Waals surface area contributed by atoms with E-state index in [2.05, 4.69) is 10.3 Å². The minimum absolute atomic E-state index is 0.455. The highest BCUT2D eigenvalue weighted by atomic mass is 35.5. The molecule has 1 saturated heterocycles. The lowest BCUT2D eigenvalue weighted by molar-refractivity contribution is 0.411. The van der Waals surface area contributed by atoms with Gasteiger partial charge in [0.25, 0.3) is 0 Å². The molecule has 1 fully saturated rings. The van der Waals surface area contributed by atoms with Gasteiger partial charge in [-0.15, -0.1) is 11.3 Å². The zero-order chi connectivity index (χ0) is 8.39. The third-order valence-electron chi connectivity index (χ3n) is 2.10. The highest BCUT2D eigenvalue weighted by Gasteiger charge is 2.17. The molecule has 0 radical (unpaired) electrons. The molecule has 12 heavy (non-hydrogen) atoms. The molecule has 1 unspecified atom stereocenters. The first-order valence-corrected chi connectivity index (χ1v) is 5.40. The summed E-state index contributed by atoms with van der Waals surface area (Å²) < 4.78 is 0.789. The zero-order valence-electron chi connectivity index (χ0n) is 6.72. The Morgan fingerprint density at radius 2 is 2.50 bits per heavy atom. The Morgan fingerprint density at radius 3 is 3.08 bits per heavy atom. The highest BCUT2D eigenvalue weighted by molar-refractivity contribution is 7.15. The van der Waals surface area contributed by atoms with Crippen molar-refractivity contribution in [1.29, 1.82) is 0 Å². The van der Waals surface area contributed by atoms with Crippen LogP contribution >= 0.6 is 22.9 Å². The summed E-state index contributed by atoms with van der Waals surface area (Å²) >= 11 is 7.39. The number of rotatable bonds is 1. The second-order valence-corrected chi connectivity index (χ2v) is 4.70. The van der Waals surface area contributed by atoms with Crippen LogP contribution in [0.1, 0.15) is 30.3 Å². The number of hydrogen-bond donors (Lipinski definition) is 1. The van der Waals surface area contributed by atoms with Crippen molar-refractivity contribution in [3.8, 4) is 0 Å². The van der Waals surface area contributed by atoms with Crippen molar-refractivity contribution < 1.29 is 0 Å². The summed E-state index contributed by atoms with van der Waals surface area (Å²) in [6.07, 6.45) is 5.52. The van der Waals surface area contributed by atoms with Gasteiger partial charge in [0.1, 0.15) is 9.34 Å². The number of aromatic nitrogens is 1. The Hall–Kier alpha value is -0.120. The third-order valence-corrected chi connectivity index (χ3v) is 3.33. The van der Waals surface area contributed by atoms with Gasteiger partial charge in [0, 0.05) is 0 Å². The van der Waals surface area contributed by atoms with Crippen molar-refractivity contribution >= 4 is 22.9 Å². The molecule has 1 aliphatic rings. The number of nitrogens with one attached hydrogen (secondary N) is 1. The molecule has 0 saturated carbocycles. The first kappa shape index (κ1) is 8.48. The topological polar surface area (TPSA) is 24.9 Å². The Balaban J connectivity index is 2.08. The molecule has 0 amide bonds. The Bertz CT molecular complexity index is 255. The second kappa shape index (κ2) is 3.73. The van der Waals surface area contributed by atoms with Crippen LogP contribution in [0.5, 0.6) is 0 Å². The van der Waals surface area contributed by atoms with E-state index in [9.17, 15) is 0 Å². The number of thiazole rings is 1. The summed E-state index contributed by atoms with van der Waals surface area (Å²) in [5.41, 5.74) is 0. The maximum Gasteiger partial charge on any atom is 0.113 e. The molecule has 1 N–H and O–H groups in total. The van der Waals surface area contributed by atoms with Gasteiger partial charge in [-0.3, -0.25) is 0 Å². The van der Waals surface area contributed by atoms with Gasteiger partial charge in [-0.1, -0.05) is 18.0 Å². The molecule has 0 aromatic carbocycles. The first-order chi connectivity index (χ1) is 5.86. The number of nitrogens with zero attached hydrogens (tertiary/aromatic N) is 1. The van der Waals surface area contributed by atoms with Crippen LogP contribution in [-0.4, -0.2) is 11.5 Å². The molecule has 4 heteroatoms. The van der Waals surface area contributed by atoms with Gasteiger partial charge in [0.05, 0.1) is 12.2 Å². The molecule has 66 valence electrons. The molecule has 1 atom stereocenters. The van der Waals surface area contributed by atoms with Crippen LogP contribution in [0.3, 0.4) is 0 Å². The summed E-state index contributed by atoms with van der Waals surface area (Å²) in [5.74, 6) is 0. The van der Waals surface area contributed by atoms with Gasteiger partial charge in [-0.05, 0) is 19.4 Å². The average Bonchev–Trinajstić information content (AvgIpc) is 2.54. The Labute approximate surface area is 81.0 Å². The SMILES string of the molecule is Clc1cnc(C2CCCCN2)s1. The maximum atomic E-state index is 5.81. The summed E-state index contributed by atoms with van der Waals surface area (Å²) in [6.45, 7) is 1.11. The van der Waals surface area contributed by atoms with Crippen LogP contribution in [0.2, 0.25) is 4.34 Å². The van der Waals surface area contributed by atoms with Gasteiger partial charge in [-0.25, -0.2) is 4.98 Å². The standard InChI is InChI=1S/C8H11ClN2S/c9-7-5-11-8(12-7)6-3-1-2-4-10-6/h5-6,10H,1-4H2. The summed E-state index contributed by atoms with van der Waals surface area (Å²) in [6, 6.07) is 0.455. The summed E-state index contributed by atoms with van der Waals surface area (Å²) in [5, 5.41) is 4.58. The molecule has 2 nitrogen and oxygen atoms in total. The van der Waals surface area contributed by atoms with Crippen molar-refractivity contribution in [2.45, 2.75) is 25.3 Å². The molecular weight excluding hydrogens is 192 g/mol. The number of hydrogen-bond acceptors (Lipinski definition) is 3. The first-order valence-electron chi connectivity index (χ1n) is 4.21. The van der Waals surface area contributed by atoms with Crippen LogP contribution in [0.15, 0.2) is 6.20 Å². The fraction of sp³-hybridized carbons (Fsp3) is 0.625. The van der Waals surface area contributed by atoms with E-state index in [1.165, 1.54) is 19.3 Å². The van der Waals surface area contributed by atoms with Crippen molar-refractivity contribution in [1.82, 2.24) is 10.3 Å². The Kier molecular flexibility index (Phi) is 2.63. The van der Waals surface area contributed by atoms with E-state index in [4.69, 9.17) is 11.6 Å². The van der Waals surface area contributed by atoms with Crippen molar-refractivity contribution in [2.24, 2.45) is 0 Å². The molecule has 1 aliphatic heterocycles. The lowest BCUT2D eigenvalue weighted by atomic mass is 10.1. The van der Waals surface area contributed by atoms with Gasteiger partial charge in [0.2, 0.25) is 0 Å². The fourth-order valence-electron chi connectivity index (χ4n) is 1.49. The van der Waals surface area contributed by atoms with Crippen LogP contribution in [0.4, 0.5) is 0 Å². The quantitative estimate of drug-likeness (QED) is 0.758. The van der Waals surface area contributed by atoms with E-state index < -0.39 is 0 Å². The molecule has 0 aliphatic carbocycles. The molecule has 0 spiro atoms. The average molecular weight is 203 g/mol. The van der Waals surface area contributed by atoms with E-state index in [0.29, 0.717) is 6.04 Å². The predicted octanol–water partition coefficient (Wildman–Crippen LogP) is 2.61. The minimum atomic E-state index is 0.455. The van der Waals surface area contributed by atoms with E-state index in [-0.39, 0.29) is 0 Å². The molecular formula is C8H11ClN2S. The normalized spacial score (nSPS) is 24.2. The lowest BCUT2D eigenvalue weighted by Crippen LogP contribution is -2.26. The zero-order valence-corrected chi connectivity index (χ0v) is 8.29. The van der Waals surface area contributed by atoms with Crippen LogP contribution in [0, 0.1) is 0 Å². The molecule has 2 rings (SSSR count). The van der Waals surface area contributed by atoms with Crippen LogP contribution in [-0.2, 0) is 0 Å². The summed E-state index contributed by atoms with van der Waals surface area (Å²) in [4.78, 5) is 4.26. The maximum absolute atomic E-state index is 5.81.